The lowest BCUT2D eigenvalue weighted by molar-refractivity contribution is 0.0686. The van der Waals surface area contributed by atoms with Crippen molar-refractivity contribution >= 4 is 18.3 Å². The van der Waals surface area contributed by atoms with Crippen molar-refractivity contribution in [2.75, 3.05) is 19.6 Å². The molecular weight excluding hydrogens is 274 g/mol. The molecule has 0 bridgehead atoms. The van der Waals surface area contributed by atoms with Crippen LogP contribution in [0.3, 0.4) is 0 Å². The van der Waals surface area contributed by atoms with Gasteiger partial charge in [0, 0.05) is 31.2 Å². The van der Waals surface area contributed by atoms with Gasteiger partial charge in [-0.3, -0.25) is 4.79 Å². The van der Waals surface area contributed by atoms with Crippen LogP contribution in [-0.2, 0) is 0 Å². The molecule has 2 aliphatic rings. The number of rotatable bonds is 1. The maximum atomic E-state index is 13.6. The third-order valence-electron chi connectivity index (χ3n) is 3.68. The molecule has 1 saturated carbocycles. The fraction of sp³-hybridized carbons (Fsp3) is 0.462. The minimum absolute atomic E-state index is 0. The maximum absolute atomic E-state index is 13.6. The number of hydrogen-bond acceptors (Lipinski definition) is 2. The summed E-state index contributed by atoms with van der Waals surface area (Å²) in [5.74, 6) is -1.80. The van der Waals surface area contributed by atoms with Gasteiger partial charge in [0.25, 0.3) is 5.91 Å². The van der Waals surface area contributed by atoms with E-state index in [2.05, 4.69) is 5.32 Å². The molecule has 1 aliphatic carbocycles. The molecule has 1 heterocycles. The topological polar surface area (TPSA) is 32.3 Å². The molecule has 0 unspecified atom stereocenters. The Hall–Kier alpha value is -1.20. The van der Waals surface area contributed by atoms with Crippen LogP contribution in [-0.4, -0.2) is 36.0 Å². The summed E-state index contributed by atoms with van der Waals surface area (Å²) >= 11 is 0. The summed E-state index contributed by atoms with van der Waals surface area (Å²) in [5.41, 5.74) is 0.0128. The van der Waals surface area contributed by atoms with Gasteiger partial charge in [0.2, 0.25) is 0 Å². The van der Waals surface area contributed by atoms with Gasteiger partial charge in [-0.2, -0.15) is 0 Å². The molecule has 0 radical (unpaired) electrons. The molecule has 19 heavy (non-hydrogen) atoms. The average Bonchev–Trinajstić information content (AvgIpc) is 3.08. The Labute approximate surface area is 116 Å². The highest BCUT2D eigenvalue weighted by Gasteiger charge is 2.46. The molecule has 1 aromatic rings. The van der Waals surface area contributed by atoms with Crippen molar-refractivity contribution in [3.63, 3.8) is 0 Å². The Bertz CT molecular complexity index is 505. The summed E-state index contributed by atoms with van der Waals surface area (Å²) in [6.07, 6.45) is 2.12. The Kier molecular flexibility index (Phi) is 3.78. The number of halogens is 3. The smallest absolute Gasteiger partial charge is 0.256 e. The minimum atomic E-state index is -0.789. The molecule has 2 fully saturated rings. The Morgan fingerprint density at radius 3 is 2.68 bits per heavy atom. The number of hydrogen-bond donors (Lipinski definition) is 1. The van der Waals surface area contributed by atoms with Crippen molar-refractivity contribution in [2.45, 2.75) is 18.4 Å². The van der Waals surface area contributed by atoms with Crippen LogP contribution in [0.25, 0.3) is 0 Å². The zero-order chi connectivity index (χ0) is 12.8. The number of nitrogens with one attached hydrogen (secondary N) is 1. The van der Waals surface area contributed by atoms with E-state index >= 15 is 0 Å². The highest BCUT2D eigenvalue weighted by atomic mass is 35.5. The zero-order valence-electron chi connectivity index (χ0n) is 10.3. The molecule has 6 heteroatoms. The molecule has 1 aromatic carbocycles. The predicted octanol–water partition coefficient (Wildman–Crippen LogP) is 1.96. The van der Waals surface area contributed by atoms with E-state index in [4.69, 9.17) is 0 Å². The summed E-state index contributed by atoms with van der Waals surface area (Å²) in [6.45, 7) is 1.91. The molecule has 1 N–H and O–H groups in total. The second-order valence-corrected chi connectivity index (χ2v) is 5.06. The van der Waals surface area contributed by atoms with Crippen LogP contribution in [0.5, 0.6) is 0 Å². The van der Waals surface area contributed by atoms with Crippen LogP contribution >= 0.6 is 12.4 Å². The fourth-order valence-corrected chi connectivity index (χ4v) is 2.45. The second kappa shape index (κ2) is 5.06. The van der Waals surface area contributed by atoms with Gasteiger partial charge in [-0.05, 0) is 25.0 Å². The predicted molar refractivity (Wildman–Crippen MR) is 69.5 cm³/mol. The molecule has 1 saturated heterocycles. The van der Waals surface area contributed by atoms with E-state index < -0.39 is 11.6 Å². The number of piperazine rings is 1. The summed E-state index contributed by atoms with van der Waals surface area (Å²) in [7, 11) is 0. The first-order chi connectivity index (χ1) is 8.60. The lowest BCUT2D eigenvalue weighted by atomic mass is 10.1. The third-order valence-corrected chi connectivity index (χ3v) is 3.68. The van der Waals surface area contributed by atoms with Gasteiger partial charge in [-0.1, -0.05) is 0 Å². The SMILES string of the molecule is Cl.O=C(c1ccc(F)cc1F)N1CCNC2(CC2)C1. The monoisotopic (exact) mass is 288 g/mol. The van der Waals surface area contributed by atoms with E-state index in [9.17, 15) is 13.6 Å². The van der Waals surface area contributed by atoms with Gasteiger partial charge < -0.3 is 10.2 Å². The lowest BCUT2D eigenvalue weighted by Crippen LogP contribution is -2.54. The molecule has 1 spiro atoms. The zero-order valence-corrected chi connectivity index (χ0v) is 11.1. The first-order valence-corrected chi connectivity index (χ1v) is 6.09. The summed E-state index contributed by atoms with van der Waals surface area (Å²) < 4.78 is 26.4. The van der Waals surface area contributed by atoms with Crippen molar-refractivity contribution in [1.29, 1.82) is 0 Å². The summed E-state index contributed by atoms with van der Waals surface area (Å²) in [4.78, 5) is 13.8. The minimum Gasteiger partial charge on any atom is -0.335 e. The summed E-state index contributed by atoms with van der Waals surface area (Å²) in [5, 5.41) is 3.38. The first-order valence-electron chi connectivity index (χ1n) is 6.09. The van der Waals surface area contributed by atoms with E-state index in [0.29, 0.717) is 13.1 Å². The van der Waals surface area contributed by atoms with Crippen molar-refractivity contribution in [2.24, 2.45) is 0 Å². The van der Waals surface area contributed by atoms with Gasteiger partial charge in [-0.15, -0.1) is 12.4 Å². The second-order valence-electron chi connectivity index (χ2n) is 5.06. The van der Waals surface area contributed by atoms with Gasteiger partial charge in [0.05, 0.1) is 5.56 Å². The normalized spacial score (nSPS) is 20.0. The fourth-order valence-electron chi connectivity index (χ4n) is 2.45. The van der Waals surface area contributed by atoms with Crippen molar-refractivity contribution in [1.82, 2.24) is 10.2 Å². The van der Waals surface area contributed by atoms with E-state index in [1.807, 2.05) is 0 Å². The van der Waals surface area contributed by atoms with E-state index in [0.717, 1.165) is 31.5 Å². The maximum Gasteiger partial charge on any atom is 0.256 e. The first kappa shape index (κ1) is 14.2. The number of amides is 1. The number of nitrogens with zero attached hydrogens (tertiary/aromatic N) is 1. The molecule has 104 valence electrons. The van der Waals surface area contributed by atoms with Crippen LogP contribution in [0, 0.1) is 11.6 Å². The van der Waals surface area contributed by atoms with Crippen molar-refractivity contribution in [3.05, 3.63) is 35.4 Å². The number of carbonyl (C=O) groups excluding carboxylic acids is 1. The van der Waals surface area contributed by atoms with Crippen molar-refractivity contribution in [3.8, 4) is 0 Å². The molecule has 0 atom stereocenters. The number of carbonyl (C=O) groups is 1. The largest absolute Gasteiger partial charge is 0.335 e. The quantitative estimate of drug-likeness (QED) is 0.857. The van der Waals surface area contributed by atoms with Gasteiger partial charge in [-0.25, -0.2) is 8.78 Å². The van der Waals surface area contributed by atoms with Gasteiger partial charge >= 0.3 is 0 Å². The van der Waals surface area contributed by atoms with Crippen LogP contribution in [0.15, 0.2) is 18.2 Å². The standard InChI is InChI=1S/C13H14F2N2O.ClH/c14-9-1-2-10(11(15)7-9)12(18)17-6-5-16-13(8-17)3-4-13;/h1-2,7,16H,3-6,8H2;1H. The van der Waals surface area contributed by atoms with Gasteiger partial charge in [0.15, 0.2) is 0 Å². The van der Waals surface area contributed by atoms with E-state index in [1.54, 1.807) is 4.90 Å². The molecule has 1 aliphatic heterocycles. The van der Waals surface area contributed by atoms with Gasteiger partial charge in [0.1, 0.15) is 11.6 Å². The van der Waals surface area contributed by atoms with Crippen LogP contribution in [0.1, 0.15) is 23.2 Å². The molecule has 3 nitrogen and oxygen atoms in total. The Balaban J connectivity index is 0.00000133. The highest BCUT2D eigenvalue weighted by Crippen LogP contribution is 2.37. The van der Waals surface area contributed by atoms with E-state index in [1.165, 1.54) is 6.07 Å². The molecule has 0 aromatic heterocycles. The Morgan fingerprint density at radius 1 is 1.32 bits per heavy atom. The lowest BCUT2D eigenvalue weighted by Gasteiger charge is -2.34. The molecule has 3 rings (SSSR count). The van der Waals surface area contributed by atoms with Crippen LogP contribution in [0.4, 0.5) is 8.78 Å². The van der Waals surface area contributed by atoms with Crippen LogP contribution in [0.2, 0.25) is 0 Å². The third kappa shape index (κ3) is 2.72. The Morgan fingerprint density at radius 2 is 2.05 bits per heavy atom. The molecule has 1 amide bonds. The van der Waals surface area contributed by atoms with Crippen molar-refractivity contribution < 1.29 is 13.6 Å². The highest BCUT2D eigenvalue weighted by molar-refractivity contribution is 5.94. The van der Waals surface area contributed by atoms with Crippen LogP contribution < -0.4 is 5.32 Å². The van der Waals surface area contributed by atoms with E-state index in [-0.39, 0.29) is 29.4 Å². The molecular formula is C13H15ClF2N2O. The number of benzene rings is 1. The average molecular weight is 289 g/mol. The summed E-state index contributed by atoms with van der Waals surface area (Å²) in [6, 6.07) is 3.09.